The van der Waals surface area contributed by atoms with E-state index in [0.717, 1.165) is 11.3 Å². The van der Waals surface area contributed by atoms with Crippen LogP contribution in [0, 0.1) is 6.92 Å². The Morgan fingerprint density at radius 1 is 1.21 bits per heavy atom. The van der Waals surface area contributed by atoms with Crippen molar-refractivity contribution in [3.05, 3.63) is 29.8 Å². The quantitative estimate of drug-likeness (QED) is 0.501. The second-order valence-electron chi connectivity index (χ2n) is 6.05. The van der Waals surface area contributed by atoms with Gasteiger partial charge in [-0.2, -0.15) is 0 Å². The Morgan fingerprint density at radius 3 is 2.54 bits per heavy atom. The summed E-state index contributed by atoms with van der Waals surface area (Å²) < 4.78 is 5.92. The summed E-state index contributed by atoms with van der Waals surface area (Å²) in [5, 5.41) is 9.19. The van der Waals surface area contributed by atoms with Crippen LogP contribution >= 0.6 is 0 Å². The molecular formula is C18H30N4O2. The van der Waals surface area contributed by atoms with Crippen molar-refractivity contribution in [1.29, 1.82) is 0 Å². The fourth-order valence-electron chi connectivity index (χ4n) is 2.10. The van der Waals surface area contributed by atoms with Crippen molar-refractivity contribution in [3.63, 3.8) is 0 Å². The van der Waals surface area contributed by atoms with Crippen LogP contribution in [0.2, 0.25) is 0 Å². The Hall–Kier alpha value is -2.24. The van der Waals surface area contributed by atoms with E-state index in [2.05, 4.69) is 20.9 Å². The van der Waals surface area contributed by atoms with Crippen molar-refractivity contribution >= 4 is 11.9 Å². The predicted octanol–water partition coefficient (Wildman–Crippen LogP) is 1.84. The van der Waals surface area contributed by atoms with Crippen LogP contribution in [0.5, 0.6) is 5.75 Å². The summed E-state index contributed by atoms with van der Waals surface area (Å²) in [6.07, 6.45) is 0.405. The number of nitrogens with zero attached hydrogens (tertiary/aromatic N) is 1. The zero-order chi connectivity index (χ0) is 17.9. The summed E-state index contributed by atoms with van der Waals surface area (Å²) in [5.74, 6) is 1.58. The largest absolute Gasteiger partial charge is 0.489 e. The van der Waals surface area contributed by atoms with Crippen LogP contribution < -0.4 is 20.7 Å². The fraction of sp³-hybridized carbons (Fsp3) is 0.556. The van der Waals surface area contributed by atoms with Crippen LogP contribution in [0.4, 0.5) is 0 Å². The van der Waals surface area contributed by atoms with Gasteiger partial charge in [-0.15, -0.1) is 0 Å². The number of benzene rings is 1. The molecule has 6 nitrogen and oxygen atoms in total. The molecule has 0 saturated heterocycles. The lowest BCUT2D eigenvalue weighted by Gasteiger charge is -2.18. The number of nitrogens with one attached hydrogen (secondary N) is 3. The monoisotopic (exact) mass is 334 g/mol. The van der Waals surface area contributed by atoms with Gasteiger partial charge >= 0.3 is 0 Å². The van der Waals surface area contributed by atoms with Gasteiger partial charge in [0.1, 0.15) is 11.9 Å². The van der Waals surface area contributed by atoms with Crippen LogP contribution in [-0.4, -0.2) is 44.1 Å². The summed E-state index contributed by atoms with van der Waals surface area (Å²) in [5.41, 5.74) is 1.11. The van der Waals surface area contributed by atoms with Gasteiger partial charge in [0, 0.05) is 26.1 Å². The Morgan fingerprint density at radius 2 is 1.92 bits per heavy atom. The molecule has 0 aliphatic rings. The molecule has 0 radical (unpaired) electrons. The molecule has 0 saturated carbocycles. The highest BCUT2D eigenvalue weighted by atomic mass is 16.5. The second-order valence-corrected chi connectivity index (χ2v) is 6.05. The second kappa shape index (κ2) is 10.5. The molecule has 134 valence electrons. The molecule has 0 spiro atoms. The lowest BCUT2D eigenvalue weighted by Crippen LogP contribution is -2.43. The standard InChI is InChI=1S/C18H30N4O2/c1-13(2)22-17(23)10-11-20-18(19-5)21-12-15(4)24-16-9-7-6-8-14(16)3/h6-9,13,15H,10-12H2,1-5H3,(H,22,23)(H2,19,20,21). The summed E-state index contributed by atoms with van der Waals surface area (Å²) in [6, 6.07) is 8.11. The Bertz CT molecular complexity index is 544. The number of amides is 1. The smallest absolute Gasteiger partial charge is 0.221 e. The molecule has 1 aromatic rings. The molecule has 1 aromatic carbocycles. The van der Waals surface area contributed by atoms with Crippen molar-refractivity contribution in [2.45, 2.75) is 46.3 Å². The SMILES string of the molecule is CN=C(NCCC(=O)NC(C)C)NCC(C)Oc1ccccc1C. The molecular weight excluding hydrogens is 304 g/mol. The van der Waals surface area contributed by atoms with Crippen molar-refractivity contribution in [1.82, 2.24) is 16.0 Å². The number of guanidine groups is 1. The van der Waals surface area contributed by atoms with Gasteiger partial charge in [0.05, 0.1) is 6.54 Å². The first-order valence-electron chi connectivity index (χ1n) is 8.38. The van der Waals surface area contributed by atoms with Gasteiger partial charge in [-0.3, -0.25) is 9.79 Å². The number of aliphatic imine (C=N–C) groups is 1. The van der Waals surface area contributed by atoms with E-state index in [9.17, 15) is 4.79 Å². The van der Waals surface area contributed by atoms with E-state index in [0.29, 0.717) is 25.5 Å². The number of ether oxygens (including phenoxy) is 1. The normalized spacial score (nSPS) is 12.7. The minimum absolute atomic E-state index is 0.00566. The van der Waals surface area contributed by atoms with Crippen molar-refractivity contribution in [2.24, 2.45) is 4.99 Å². The molecule has 0 bridgehead atoms. The van der Waals surface area contributed by atoms with Gasteiger partial charge in [0.2, 0.25) is 5.91 Å². The molecule has 1 atom stereocenters. The number of rotatable bonds is 8. The number of para-hydroxylation sites is 1. The van der Waals surface area contributed by atoms with Crippen molar-refractivity contribution in [2.75, 3.05) is 20.1 Å². The van der Waals surface area contributed by atoms with Crippen LogP contribution in [0.1, 0.15) is 32.8 Å². The maximum absolute atomic E-state index is 11.6. The Kier molecular flexibility index (Phi) is 8.68. The maximum atomic E-state index is 11.6. The lowest BCUT2D eigenvalue weighted by molar-refractivity contribution is -0.121. The van der Waals surface area contributed by atoms with Crippen LogP contribution in [0.25, 0.3) is 0 Å². The third-order valence-electron chi connectivity index (χ3n) is 3.30. The van der Waals surface area contributed by atoms with E-state index in [-0.39, 0.29) is 18.1 Å². The molecule has 0 fully saturated rings. The molecule has 0 aromatic heterocycles. The van der Waals surface area contributed by atoms with E-state index < -0.39 is 0 Å². The van der Waals surface area contributed by atoms with Crippen LogP contribution in [0.3, 0.4) is 0 Å². The number of aryl methyl sites for hydroxylation is 1. The molecule has 1 amide bonds. The summed E-state index contributed by atoms with van der Waals surface area (Å²) in [4.78, 5) is 15.7. The molecule has 0 aliphatic heterocycles. The molecule has 1 rings (SSSR count). The van der Waals surface area contributed by atoms with Gasteiger partial charge in [0.15, 0.2) is 5.96 Å². The molecule has 0 heterocycles. The first kappa shape index (κ1) is 19.8. The lowest BCUT2D eigenvalue weighted by atomic mass is 10.2. The number of carbonyl (C=O) groups is 1. The minimum atomic E-state index is -0.00566. The van der Waals surface area contributed by atoms with E-state index >= 15 is 0 Å². The van der Waals surface area contributed by atoms with Gasteiger partial charge in [-0.05, 0) is 39.3 Å². The Balaban J connectivity index is 2.31. The summed E-state index contributed by atoms with van der Waals surface area (Å²) in [7, 11) is 1.70. The fourth-order valence-corrected chi connectivity index (χ4v) is 2.10. The number of carbonyl (C=O) groups excluding carboxylic acids is 1. The molecule has 6 heteroatoms. The molecule has 3 N–H and O–H groups in total. The van der Waals surface area contributed by atoms with Crippen molar-refractivity contribution in [3.8, 4) is 5.75 Å². The summed E-state index contributed by atoms with van der Waals surface area (Å²) >= 11 is 0. The predicted molar refractivity (Wildman–Crippen MR) is 98.5 cm³/mol. The number of hydrogen-bond acceptors (Lipinski definition) is 3. The van der Waals surface area contributed by atoms with Gasteiger partial charge in [-0.1, -0.05) is 18.2 Å². The zero-order valence-corrected chi connectivity index (χ0v) is 15.3. The van der Waals surface area contributed by atoms with E-state index in [4.69, 9.17) is 4.74 Å². The zero-order valence-electron chi connectivity index (χ0n) is 15.3. The van der Waals surface area contributed by atoms with Crippen molar-refractivity contribution < 1.29 is 9.53 Å². The van der Waals surface area contributed by atoms with Gasteiger partial charge in [-0.25, -0.2) is 0 Å². The highest BCUT2D eigenvalue weighted by Crippen LogP contribution is 2.17. The first-order chi connectivity index (χ1) is 11.4. The highest BCUT2D eigenvalue weighted by molar-refractivity contribution is 5.81. The van der Waals surface area contributed by atoms with Gasteiger partial charge < -0.3 is 20.7 Å². The van der Waals surface area contributed by atoms with Gasteiger partial charge in [0.25, 0.3) is 0 Å². The average molecular weight is 334 g/mol. The maximum Gasteiger partial charge on any atom is 0.221 e. The highest BCUT2D eigenvalue weighted by Gasteiger charge is 2.08. The number of hydrogen-bond donors (Lipinski definition) is 3. The third kappa shape index (κ3) is 7.85. The van der Waals surface area contributed by atoms with E-state index in [1.54, 1.807) is 7.05 Å². The molecule has 1 unspecified atom stereocenters. The third-order valence-corrected chi connectivity index (χ3v) is 3.30. The topological polar surface area (TPSA) is 74.8 Å². The first-order valence-corrected chi connectivity index (χ1v) is 8.38. The molecule has 24 heavy (non-hydrogen) atoms. The minimum Gasteiger partial charge on any atom is -0.489 e. The van der Waals surface area contributed by atoms with E-state index in [1.165, 1.54) is 0 Å². The van der Waals surface area contributed by atoms with Crippen LogP contribution in [0.15, 0.2) is 29.3 Å². The molecule has 0 aliphatic carbocycles. The van der Waals surface area contributed by atoms with Crippen LogP contribution in [-0.2, 0) is 4.79 Å². The van der Waals surface area contributed by atoms with E-state index in [1.807, 2.05) is 52.0 Å². The Labute approximate surface area is 145 Å². The summed E-state index contributed by atoms with van der Waals surface area (Å²) in [6.45, 7) is 9.07. The average Bonchev–Trinajstić information content (AvgIpc) is 2.52.